The summed E-state index contributed by atoms with van der Waals surface area (Å²) in [6, 6.07) is 3.40. The summed E-state index contributed by atoms with van der Waals surface area (Å²) in [5.74, 6) is 0.313. The van der Waals surface area contributed by atoms with Crippen molar-refractivity contribution in [1.29, 1.82) is 0 Å². The Morgan fingerprint density at radius 3 is 2.65 bits per heavy atom. The van der Waals surface area contributed by atoms with E-state index in [0.717, 1.165) is 9.35 Å². The van der Waals surface area contributed by atoms with Crippen LogP contribution in [-0.4, -0.2) is 20.4 Å². The fourth-order valence-corrected chi connectivity index (χ4v) is 4.66. The van der Waals surface area contributed by atoms with E-state index in [4.69, 9.17) is 0 Å². The van der Waals surface area contributed by atoms with E-state index in [2.05, 4.69) is 46.9 Å². The number of rotatable bonds is 5. The van der Waals surface area contributed by atoms with Crippen LogP contribution in [0.5, 0.6) is 0 Å². The molecule has 0 atom stereocenters. The molecule has 9 heteroatoms. The molecule has 0 fully saturated rings. The van der Waals surface area contributed by atoms with Crippen molar-refractivity contribution < 1.29 is 8.42 Å². The Morgan fingerprint density at radius 1 is 1.30 bits per heavy atom. The third-order valence-electron chi connectivity index (χ3n) is 2.40. The summed E-state index contributed by atoms with van der Waals surface area (Å²) in [4.78, 5) is 5.08. The van der Waals surface area contributed by atoms with Crippen molar-refractivity contribution in [1.82, 2.24) is 9.71 Å². The van der Waals surface area contributed by atoms with E-state index < -0.39 is 10.0 Å². The van der Waals surface area contributed by atoms with E-state index in [1.807, 2.05) is 11.4 Å². The molecule has 2 heterocycles. The summed E-state index contributed by atoms with van der Waals surface area (Å²) >= 11 is 8.05. The Balaban J connectivity index is 2.24. The minimum Gasteiger partial charge on any atom is -0.372 e. The molecule has 2 rings (SSSR count). The highest BCUT2D eigenvalue weighted by atomic mass is 79.9. The minimum atomic E-state index is -3.63. The molecule has 0 bridgehead atoms. The van der Waals surface area contributed by atoms with E-state index in [9.17, 15) is 8.42 Å². The highest BCUT2D eigenvalue weighted by Gasteiger charge is 2.19. The molecule has 0 aliphatic carbocycles. The normalized spacial score (nSPS) is 11.6. The first-order valence-electron chi connectivity index (χ1n) is 5.48. The SMILES string of the molecule is CNc1ncc(Br)cc1S(=O)(=O)NCc1cc(Br)cs1. The van der Waals surface area contributed by atoms with Crippen LogP contribution in [0.1, 0.15) is 4.88 Å². The number of nitrogens with one attached hydrogen (secondary N) is 2. The topological polar surface area (TPSA) is 71.1 Å². The second-order valence-electron chi connectivity index (χ2n) is 3.81. The third kappa shape index (κ3) is 3.79. The van der Waals surface area contributed by atoms with Crippen LogP contribution in [-0.2, 0) is 16.6 Å². The molecule has 2 N–H and O–H groups in total. The molecule has 0 spiro atoms. The van der Waals surface area contributed by atoms with E-state index in [-0.39, 0.29) is 11.4 Å². The summed E-state index contributed by atoms with van der Waals surface area (Å²) in [6.45, 7) is 0.244. The second-order valence-corrected chi connectivity index (χ2v) is 8.37. The number of pyridine rings is 1. The van der Waals surface area contributed by atoms with Crippen molar-refractivity contribution in [3.63, 3.8) is 0 Å². The van der Waals surface area contributed by atoms with Crippen molar-refractivity contribution in [2.24, 2.45) is 0 Å². The first kappa shape index (κ1) is 15.9. The van der Waals surface area contributed by atoms with Crippen molar-refractivity contribution in [3.05, 3.63) is 37.5 Å². The predicted octanol–water partition coefficient (Wildman–Crippen LogP) is 3.19. The number of sulfonamides is 1. The summed E-state index contributed by atoms with van der Waals surface area (Å²) in [6.07, 6.45) is 1.54. The van der Waals surface area contributed by atoms with Gasteiger partial charge in [0.25, 0.3) is 0 Å². The number of anilines is 1. The Bertz CT molecular complexity index is 716. The Kier molecular flexibility index (Phi) is 5.19. The van der Waals surface area contributed by atoms with Crippen LogP contribution in [0.15, 0.2) is 37.6 Å². The summed E-state index contributed by atoms with van der Waals surface area (Å²) < 4.78 is 28.8. The lowest BCUT2D eigenvalue weighted by Gasteiger charge is -2.10. The van der Waals surface area contributed by atoms with Gasteiger partial charge in [0.15, 0.2) is 0 Å². The van der Waals surface area contributed by atoms with Gasteiger partial charge < -0.3 is 5.32 Å². The van der Waals surface area contributed by atoms with E-state index in [1.54, 1.807) is 13.2 Å². The minimum absolute atomic E-state index is 0.116. The maximum Gasteiger partial charge on any atom is 0.244 e. The molecule has 108 valence electrons. The van der Waals surface area contributed by atoms with Gasteiger partial charge in [-0.15, -0.1) is 11.3 Å². The van der Waals surface area contributed by atoms with Gasteiger partial charge in [0.1, 0.15) is 10.7 Å². The molecule has 2 aromatic heterocycles. The maximum absolute atomic E-state index is 12.3. The van der Waals surface area contributed by atoms with Gasteiger partial charge >= 0.3 is 0 Å². The van der Waals surface area contributed by atoms with Crippen LogP contribution in [0.4, 0.5) is 5.82 Å². The zero-order valence-electron chi connectivity index (χ0n) is 10.4. The summed E-state index contributed by atoms with van der Waals surface area (Å²) in [5.41, 5.74) is 0. The summed E-state index contributed by atoms with van der Waals surface area (Å²) in [7, 11) is -2.00. The lowest BCUT2D eigenvalue weighted by Crippen LogP contribution is -2.24. The Hall–Kier alpha value is -0.480. The van der Waals surface area contributed by atoms with E-state index in [1.165, 1.54) is 17.4 Å². The van der Waals surface area contributed by atoms with Gasteiger partial charge in [-0.1, -0.05) is 0 Å². The fourth-order valence-electron chi connectivity index (χ4n) is 1.50. The van der Waals surface area contributed by atoms with Crippen molar-refractivity contribution >= 4 is 59.0 Å². The smallest absolute Gasteiger partial charge is 0.244 e. The van der Waals surface area contributed by atoms with Crippen LogP contribution in [0.3, 0.4) is 0 Å². The first-order chi connectivity index (χ1) is 9.42. The second kappa shape index (κ2) is 6.52. The molecule has 2 aromatic rings. The van der Waals surface area contributed by atoms with Crippen molar-refractivity contribution in [3.8, 4) is 0 Å². The molecule has 20 heavy (non-hydrogen) atoms. The molecular formula is C11H11Br2N3O2S2. The maximum atomic E-state index is 12.3. The number of hydrogen-bond donors (Lipinski definition) is 2. The van der Waals surface area contributed by atoms with Gasteiger partial charge in [-0.2, -0.15) is 0 Å². The molecule has 0 aliphatic rings. The lowest BCUT2D eigenvalue weighted by molar-refractivity contribution is 0.581. The van der Waals surface area contributed by atoms with Gasteiger partial charge in [0.2, 0.25) is 10.0 Å². The number of halogens is 2. The quantitative estimate of drug-likeness (QED) is 0.748. The van der Waals surface area contributed by atoms with Crippen LogP contribution in [0, 0.1) is 0 Å². The molecule has 0 amide bonds. The van der Waals surface area contributed by atoms with Gasteiger partial charge in [-0.05, 0) is 44.0 Å². The molecule has 0 radical (unpaired) electrons. The average Bonchev–Trinajstić information content (AvgIpc) is 2.82. The fraction of sp³-hybridized carbons (Fsp3) is 0.182. The number of hydrogen-bond acceptors (Lipinski definition) is 5. The lowest BCUT2D eigenvalue weighted by atomic mass is 10.4. The van der Waals surface area contributed by atoms with Gasteiger partial charge in [0, 0.05) is 39.0 Å². The van der Waals surface area contributed by atoms with Gasteiger partial charge in [-0.25, -0.2) is 18.1 Å². The Labute approximate surface area is 138 Å². The highest BCUT2D eigenvalue weighted by Crippen LogP contribution is 2.24. The van der Waals surface area contributed by atoms with Gasteiger partial charge in [0.05, 0.1) is 0 Å². The van der Waals surface area contributed by atoms with Gasteiger partial charge in [-0.3, -0.25) is 0 Å². The first-order valence-corrected chi connectivity index (χ1v) is 9.43. The monoisotopic (exact) mass is 439 g/mol. The highest BCUT2D eigenvalue weighted by molar-refractivity contribution is 9.10. The largest absolute Gasteiger partial charge is 0.372 e. The number of nitrogens with zero attached hydrogens (tertiary/aromatic N) is 1. The molecule has 0 aromatic carbocycles. The molecule has 0 aliphatic heterocycles. The molecular weight excluding hydrogens is 430 g/mol. The van der Waals surface area contributed by atoms with E-state index >= 15 is 0 Å². The van der Waals surface area contributed by atoms with Crippen LogP contribution < -0.4 is 10.0 Å². The van der Waals surface area contributed by atoms with Crippen LogP contribution in [0.25, 0.3) is 0 Å². The average molecular weight is 441 g/mol. The zero-order chi connectivity index (χ0) is 14.8. The molecule has 5 nitrogen and oxygen atoms in total. The van der Waals surface area contributed by atoms with Crippen LogP contribution in [0.2, 0.25) is 0 Å². The molecule has 0 saturated heterocycles. The summed E-state index contributed by atoms with van der Waals surface area (Å²) in [5, 5.41) is 4.68. The molecule has 0 unspecified atom stereocenters. The Morgan fingerprint density at radius 2 is 2.05 bits per heavy atom. The van der Waals surface area contributed by atoms with Crippen molar-refractivity contribution in [2.45, 2.75) is 11.4 Å². The molecule has 0 saturated carbocycles. The number of thiophene rings is 1. The predicted molar refractivity (Wildman–Crippen MR) is 87.5 cm³/mol. The number of aromatic nitrogens is 1. The van der Waals surface area contributed by atoms with Crippen molar-refractivity contribution in [2.75, 3.05) is 12.4 Å². The van der Waals surface area contributed by atoms with E-state index in [0.29, 0.717) is 10.3 Å². The standard InChI is InChI=1S/C11H11Br2N3O2S2/c1-14-11-10(3-7(12)4-15-11)20(17,18)16-5-9-2-8(13)6-19-9/h2-4,6,16H,5H2,1H3,(H,14,15). The third-order valence-corrected chi connectivity index (χ3v) is 5.95. The van der Waals surface area contributed by atoms with Crippen LogP contribution >= 0.6 is 43.2 Å². The zero-order valence-corrected chi connectivity index (χ0v) is 15.2.